The Kier molecular flexibility index (Phi) is 2.85. The Morgan fingerprint density at radius 3 is 2.57 bits per heavy atom. The van der Waals surface area contributed by atoms with Crippen molar-refractivity contribution in [3.05, 3.63) is 0 Å². The van der Waals surface area contributed by atoms with Crippen molar-refractivity contribution in [2.45, 2.75) is 33.1 Å². The molecule has 1 heterocycles. The van der Waals surface area contributed by atoms with Gasteiger partial charge in [0.2, 0.25) is 0 Å². The summed E-state index contributed by atoms with van der Waals surface area (Å²) in [5, 5.41) is 9.39. The van der Waals surface area contributed by atoms with E-state index in [0.717, 1.165) is 12.5 Å². The first-order valence-corrected chi connectivity index (χ1v) is 5.97. The molecule has 82 valence electrons. The van der Waals surface area contributed by atoms with Gasteiger partial charge >= 0.3 is 0 Å². The maximum Gasteiger partial charge on any atom is 0.0500 e. The van der Waals surface area contributed by atoms with Crippen LogP contribution in [0, 0.1) is 17.3 Å². The van der Waals surface area contributed by atoms with Gasteiger partial charge in [-0.1, -0.05) is 20.3 Å². The smallest absolute Gasteiger partial charge is 0.0500 e. The highest BCUT2D eigenvalue weighted by molar-refractivity contribution is 4.92. The lowest BCUT2D eigenvalue weighted by Gasteiger charge is -2.31. The third-order valence-electron chi connectivity index (χ3n) is 4.41. The SMILES string of the molecule is CC1CN(CC2CCC2)CC1(C)CO. The van der Waals surface area contributed by atoms with Crippen molar-refractivity contribution in [3.63, 3.8) is 0 Å². The first-order valence-electron chi connectivity index (χ1n) is 5.97. The molecule has 2 atom stereocenters. The third kappa shape index (κ3) is 1.82. The minimum atomic E-state index is 0.156. The molecule has 1 saturated heterocycles. The second-order valence-corrected chi connectivity index (χ2v) is 5.70. The molecule has 2 rings (SSSR count). The molecule has 0 spiro atoms. The zero-order valence-electron chi connectivity index (χ0n) is 9.50. The lowest BCUT2D eigenvalue weighted by Crippen LogP contribution is -2.33. The van der Waals surface area contributed by atoms with E-state index in [1.165, 1.54) is 32.4 Å². The minimum Gasteiger partial charge on any atom is -0.396 e. The molecule has 0 bridgehead atoms. The maximum absolute atomic E-state index is 9.39. The van der Waals surface area contributed by atoms with Gasteiger partial charge in [-0.25, -0.2) is 0 Å². The highest BCUT2D eigenvalue weighted by Gasteiger charge is 2.40. The molecular formula is C12H23NO. The highest BCUT2D eigenvalue weighted by atomic mass is 16.3. The Balaban J connectivity index is 1.85. The van der Waals surface area contributed by atoms with E-state index >= 15 is 0 Å². The van der Waals surface area contributed by atoms with E-state index in [9.17, 15) is 5.11 Å². The first kappa shape index (κ1) is 10.4. The van der Waals surface area contributed by atoms with E-state index in [4.69, 9.17) is 0 Å². The van der Waals surface area contributed by atoms with Gasteiger partial charge in [-0.3, -0.25) is 0 Å². The van der Waals surface area contributed by atoms with Gasteiger partial charge in [-0.15, -0.1) is 0 Å². The summed E-state index contributed by atoms with van der Waals surface area (Å²) in [4.78, 5) is 2.56. The summed E-state index contributed by atoms with van der Waals surface area (Å²) in [7, 11) is 0. The third-order valence-corrected chi connectivity index (χ3v) is 4.41. The molecule has 1 N–H and O–H groups in total. The second kappa shape index (κ2) is 3.82. The number of rotatable bonds is 3. The van der Waals surface area contributed by atoms with Crippen LogP contribution in [0.4, 0.5) is 0 Å². The van der Waals surface area contributed by atoms with Crippen molar-refractivity contribution >= 4 is 0 Å². The maximum atomic E-state index is 9.39. The lowest BCUT2D eigenvalue weighted by atomic mass is 9.82. The van der Waals surface area contributed by atoms with Crippen molar-refractivity contribution in [2.24, 2.45) is 17.3 Å². The predicted molar refractivity (Wildman–Crippen MR) is 58.1 cm³/mol. The van der Waals surface area contributed by atoms with Crippen LogP contribution in [-0.2, 0) is 0 Å². The number of aliphatic hydroxyl groups is 1. The van der Waals surface area contributed by atoms with E-state index in [-0.39, 0.29) is 5.41 Å². The van der Waals surface area contributed by atoms with Crippen LogP contribution in [0.3, 0.4) is 0 Å². The molecule has 2 heteroatoms. The van der Waals surface area contributed by atoms with Crippen molar-refractivity contribution in [1.82, 2.24) is 4.90 Å². The molecule has 0 aromatic carbocycles. The van der Waals surface area contributed by atoms with Gasteiger partial charge in [0.25, 0.3) is 0 Å². The van der Waals surface area contributed by atoms with Gasteiger partial charge in [0.15, 0.2) is 0 Å². The fraction of sp³-hybridized carbons (Fsp3) is 1.00. The van der Waals surface area contributed by atoms with Gasteiger partial charge in [-0.2, -0.15) is 0 Å². The van der Waals surface area contributed by atoms with Crippen LogP contribution < -0.4 is 0 Å². The molecule has 0 radical (unpaired) electrons. The average molecular weight is 197 g/mol. The van der Waals surface area contributed by atoms with Gasteiger partial charge in [0.05, 0.1) is 0 Å². The molecule has 2 nitrogen and oxygen atoms in total. The Morgan fingerprint density at radius 1 is 1.43 bits per heavy atom. The largest absolute Gasteiger partial charge is 0.396 e. The van der Waals surface area contributed by atoms with Gasteiger partial charge in [-0.05, 0) is 24.7 Å². The normalized spacial score (nSPS) is 40.1. The Morgan fingerprint density at radius 2 is 2.14 bits per heavy atom. The number of nitrogens with zero attached hydrogens (tertiary/aromatic N) is 1. The first-order chi connectivity index (χ1) is 6.64. The zero-order chi connectivity index (χ0) is 10.2. The van der Waals surface area contributed by atoms with Crippen LogP contribution in [-0.4, -0.2) is 36.2 Å². The van der Waals surface area contributed by atoms with Crippen LogP contribution in [0.15, 0.2) is 0 Å². The van der Waals surface area contributed by atoms with Crippen LogP contribution in [0.2, 0.25) is 0 Å². The number of hydrogen-bond donors (Lipinski definition) is 1. The predicted octanol–water partition coefficient (Wildman–Crippen LogP) is 1.74. The molecule has 1 aliphatic carbocycles. The van der Waals surface area contributed by atoms with E-state index < -0.39 is 0 Å². The van der Waals surface area contributed by atoms with Crippen molar-refractivity contribution < 1.29 is 5.11 Å². The minimum absolute atomic E-state index is 0.156. The lowest BCUT2D eigenvalue weighted by molar-refractivity contribution is 0.112. The van der Waals surface area contributed by atoms with E-state index in [1.807, 2.05) is 0 Å². The van der Waals surface area contributed by atoms with Crippen LogP contribution >= 0.6 is 0 Å². The summed E-state index contributed by atoms with van der Waals surface area (Å²) >= 11 is 0. The summed E-state index contributed by atoms with van der Waals surface area (Å²) in [6.45, 7) is 8.40. The molecule has 2 aliphatic rings. The number of aliphatic hydroxyl groups excluding tert-OH is 1. The quantitative estimate of drug-likeness (QED) is 0.745. The Labute approximate surface area is 87.3 Å². The van der Waals surface area contributed by atoms with Crippen molar-refractivity contribution in [1.29, 1.82) is 0 Å². The van der Waals surface area contributed by atoms with Crippen LogP contribution in [0.1, 0.15) is 33.1 Å². The standard InChI is InChI=1S/C12H23NO/c1-10-6-13(7-11-4-3-5-11)8-12(10,2)9-14/h10-11,14H,3-9H2,1-2H3. The fourth-order valence-electron chi connectivity index (χ4n) is 2.72. The fourth-order valence-corrected chi connectivity index (χ4v) is 2.72. The Bertz CT molecular complexity index is 200. The van der Waals surface area contributed by atoms with Crippen LogP contribution in [0.25, 0.3) is 0 Å². The van der Waals surface area contributed by atoms with E-state index in [2.05, 4.69) is 18.7 Å². The second-order valence-electron chi connectivity index (χ2n) is 5.70. The van der Waals surface area contributed by atoms with Crippen molar-refractivity contribution in [3.8, 4) is 0 Å². The number of likely N-dealkylation sites (tertiary alicyclic amines) is 1. The summed E-state index contributed by atoms with van der Waals surface area (Å²) < 4.78 is 0. The molecule has 0 aromatic rings. The molecule has 0 aromatic heterocycles. The van der Waals surface area contributed by atoms with Crippen LogP contribution in [0.5, 0.6) is 0 Å². The Hall–Kier alpha value is -0.0800. The molecule has 2 unspecified atom stereocenters. The molecular weight excluding hydrogens is 174 g/mol. The molecule has 0 amide bonds. The molecule has 14 heavy (non-hydrogen) atoms. The van der Waals surface area contributed by atoms with E-state index in [0.29, 0.717) is 12.5 Å². The number of hydrogen-bond acceptors (Lipinski definition) is 2. The summed E-state index contributed by atoms with van der Waals surface area (Å²) in [5.41, 5.74) is 0.156. The summed E-state index contributed by atoms with van der Waals surface area (Å²) in [5.74, 6) is 1.61. The van der Waals surface area contributed by atoms with E-state index in [1.54, 1.807) is 0 Å². The monoisotopic (exact) mass is 197 g/mol. The summed E-state index contributed by atoms with van der Waals surface area (Å²) in [6.07, 6.45) is 4.30. The van der Waals surface area contributed by atoms with Gasteiger partial charge < -0.3 is 10.0 Å². The van der Waals surface area contributed by atoms with Gasteiger partial charge in [0, 0.05) is 31.7 Å². The zero-order valence-corrected chi connectivity index (χ0v) is 9.50. The summed E-state index contributed by atoms with van der Waals surface area (Å²) in [6, 6.07) is 0. The molecule has 1 saturated carbocycles. The topological polar surface area (TPSA) is 23.5 Å². The van der Waals surface area contributed by atoms with Crippen molar-refractivity contribution in [2.75, 3.05) is 26.2 Å². The average Bonchev–Trinajstić information content (AvgIpc) is 2.37. The highest BCUT2D eigenvalue weighted by Crippen LogP contribution is 2.37. The molecule has 1 aliphatic heterocycles. The molecule has 2 fully saturated rings. The van der Waals surface area contributed by atoms with Gasteiger partial charge in [0.1, 0.15) is 0 Å².